The molecular weight excluding hydrogens is 329 g/mol. The Kier molecular flexibility index (Phi) is 4.38. The Morgan fingerprint density at radius 1 is 1.20 bits per heavy atom. The number of hydrogen-bond donors (Lipinski definition) is 1. The molecule has 2 fully saturated rings. The standard InChI is InChI=1S/C19H25F3N2O/c1-17(2,3)24-11-15(18(16(24)25)9-6-10-23-12-18)13-7-4-5-8-14(13)19(20,21)22/h4-5,7-8,15,23H,6,9-12H2,1-3H3/t15-,18+/m0/s1. The highest BCUT2D eigenvalue weighted by molar-refractivity contribution is 5.88. The van der Waals surface area contributed by atoms with Crippen LogP contribution in [0.1, 0.15) is 50.7 Å². The van der Waals surface area contributed by atoms with Crippen LogP contribution in [0.4, 0.5) is 13.2 Å². The molecule has 138 valence electrons. The molecule has 3 nitrogen and oxygen atoms in total. The van der Waals surface area contributed by atoms with Gasteiger partial charge in [-0.1, -0.05) is 18.2 Å². The molecule has 0 unspecified atom stereocenters. The van der Waals surface area contributed by atoms with Crippen molar-refractivity contribution >= 4 is 5.91 Å². The fourth-order valence-corrected chi connectivity index (χ4v) is 4.30. The lowest BCUT2D eigenvalue weighted by Crippen LogP contribution is -2.51. The van der Waals surface area contributed by atoms with E-state index < -0.39 is 28.6 Å². The molecule has 0 aliphatic carbocycles. The molecule has 2 aliphatic heterocycles. The molecule has 2 atom stereocenters. The van der Waals surface area contributed by atoms with Gasteiger partial charge < -0.3 is 10.2 Å². The van der Waals surface area contributed by atoms with Crippen LogP contribution in [-0.2, 0) is 11.0 Å². The van der Waals surface area contributed by atoms with Gasteiger partial charge in [0.2, 0.25) is 5.91 Å². The van der Waals surface area contributed by atoms with Crippen LogP contribution >= 0.6 is 0 Å². The molecule has 0 saturated carbocycles. The number of hydrogen-bond acceptors (Lipinski definition) is 2. The Bertz CT molecular complexity index is 657. The average molecular weight is 354 g/mol. The van der Waals surface area contributed by atoms with Gasteiger partial charge in [-0.25, -0.2) is 0 Å². The highest BCUT2D eigenvalue weighted by Gasteiger charge is 2.57. The molecular formula is C19H25F3N2O. The zero-order chi connectivity index (χ0) is 18.5. The van der Waals surface area contributed by atoms with Crippen molar-refractivity contribution in [1.82, 2.24) is 10.2 Å². The van der Waals surface area contributed by atoms with E-state index in [0.717, 1.165) is 19.0 Å². The van der Waals surface area contributed by atoms with E-state index in [4.69, 9.17) is 0 Å². The highest BCUT2D eigenvalue weighted by atomic mass is 19.4. The van der Waals surface area contributed by atoms with E-state index in [1.807, 2.05) is 20.8 Å². The van der Waals surface area contributed by atoms with Gasteiger partial charge in [0.1, 0.15) is 0 Å². The second-order valence-electron chi connectivity index (χ2n) is 8.16. The number of carbonyl (C=O) groups is 1. The van der Waals surface area contributed by atoms with Crippen LogP contribution in [0.3, 0.4) is 0 Å². The molecule has 1 spiro atoms. The van der Waals surface area contributed by atoms with Gasteiger partial charge in [-0.3, -0.25) is 4.79 Å². The molecule has 1 aromatic rings. The number of benzene rings is 1. The third-order valence-electron chi connectivity index (χ3n) is 5.57. The Balaban J connectivity index is 2.12. The number of nitrogens with one attached hydrogen (secondary N) is 1. The molecule has 2 heterocycles. The van der Waals surface area contributed by atoms with Crippen molar-refractivity contribution in [2.24, 2.45) is 5.41 Å². The molecule has 2 aliphatic rings. The molecule has 3 rings (SSSR count). The third-order valence-corrected chi connectivity index (χ3v) is 5.57. The lowest BCUT2D eigenvalue weighted by atomic mass is 9.68. The van der Waals surface area contributed by atoms with Gasteiger partial charge in [-0.05, 0) is 51.8 Å². The van der Waals surface area contributed by atoms with Gasteiger partial charge in [-0.15, -0.1) is 0 Å². The normalized spacial score (nSPS) is 28.0. The quantitative estimate of drug-likeness (QED) is 0.832. The molecule has 1 aromatic carbocycles. The molecule has 0 aromatic heterocycles. The second kappa shape index (κ2) is 6.01. The van der Waals surface area contributed by atoms with Crippen molar-refractivity contribution in [2.75, 3.05) is 19.6 Å². The molecule has 25 heavy (non-hydrogen) atoms. The molecule has 0 bridgehead atoms. The van der Waals surface area contributed by atoms with E-state index in [1.54, 1.807) is 17.0 Å². The zero-order valence-corrected chi connectivity index (χ0v) is 14.9. The van der Waals surface area contributed by atoms with Crippen molar-refractivity contribution in [3.63, 3.8) is 0 Å². The summed E-state index contributed by atoms with van der Waals surface area (Å²) in [6.45, 7) is 7.39. The van der Waals surface area contributed by atoms with Gasteiger partial charge in [0, 0.05) is 24.5 Å². The monoisotopic (exact) mass is 354 g/mol. The minimum absolute atomic E-state index is 0.0193. The number of carbonyl (C=O) groups excluding carboxylic acids is 1. The average Bonchev–Trinajstić information content (AvgIpc) is 2.80. The number of piperidine rings is 1. The van der Waals surface area contributed by atoms with Crippen LogP contribution in [-0.4, -0.2) is 36.0 Å². The van der Waals surface area contributed by atoms with E-state index in [-0.39, 0.29) is 11.5 Å². The van der Waals surface area contributed by atoms with Crippen LogP contribution in [0, 0.1) is 5.41 Å². The molecule has 6 heteroatoms. The predicted molar refractivity (Wildman–Crippen MR) is 90.2 cm³/mol. The summed E-state index contributed by atoms with van der Waals surface area (Å²) in [6, 6.07) is 5.72. The van der Waals surface area contributed by atoms with Crippen LogP contribution in [0.5, 0.6) is 0 Å². The SMILES string of the molecule is CC(C)(C)N1C[C@@H](c2ccccc2C(F)(F)F)[C@]2(CCCNC2)C1=O. The summed E-state index contributed by atoms with van der Waals surface area (Å²) in [5.41, 5.74) is -1.57. The van der Waals surface area contributed by atoms with Crippen molar-refractivity contribution in [2.45, 2.75) is 51.2 Å². The minimum Gasteiger partial charge on any atom is -0.337 e. The summed E-state index contributed by atoms with van der Waals surface area (Å²) in [5, 5.41) is 3.25. The Hall–Kier alpha value is -1.56. The maximum absolute atomic E-state index is 13.6. The summed E-state index contributed by atoms with van der Waals surface area (Å²) in [7, 11) is 0. The summed E-state index contributed by atoms with van der Waals surface area (Å²) >= 11 is 0. The number of halogens is 3. The summed E-state index contributed by atoms with van der Waals surface area (Å²) in [4.78, 5) is 15.0. The number of likely N-dealkylation sites (tertiary alicyclic amines) is 1. The Morgan fingerprint density at radius 3 is 2.44 bits per heavy atom. The summed E-state index contributed by atoms with van der Waals surface area (Å²) in [5.74, 6) is -0.473. The van der Waals surface area contributed by atoms with E-state index in [9.17, 15) is 18.0 Å². The lowest BCUT2D eigenvalue weighted by molar-refractivity contribution is -0.142. The first-order valence-corrected chi connectivity index (χ1v) is 8.76. The topological polar surface area (TPSA) is 32.3 Å². The first-order valence-electron chi connectivity index (χ1n) is 8.76. The number of alkyl halides is 3. The number of rotatable bonds is 1. The van der Waals surface area contributed by atoms with Gasteiger partial charge in [0.15, 0.2) is 0 Å². The summed E-state index contributed by atoms with van der Waals surface area (Å²) < 4.78 is 40.7. The van der Waals surface area contributed by atoms with Crippen molar-refractivity contribution in [3.8, 4) is 0 Å². The van der Waals surface area contributed by atoms with Gasteiger partial charge in [0.05, 0.1) is 11.0 Å². The van der Waals surface area contributed by atoms with Gasteiger partial charge in [-0.2, -0.15) is 13.2 Å². The first-order chi connectivity index (χ1) is 11.6. The molecule has 0 radical (unpaired) electrons. The number of nitrogens with zero attached hydrogens (tertiary/aromatic N) is 1. The van der Waals surface area contributed by atoms with E-state index in [2.05, 4.69) is 5.32 Å². The fourth-order valence-electron chi connectivity index (χ4n) is 4.30. The predicted octanol–water partition coefficient (Wildman–Crippen LogP) is 3.80. The van der Waals surface area contributed by atoms with Crippen LogP contribution in [0.15, 0.2) is 24.3 Å². The maximum Gasteiger partial charge on any atom is 0.416 e. The van der Waals surface area contributed by atoms with Crippen LogP contribution in [0.2, 0.25) is 0 Å². The largest absolute Gasteiger partial charge is 0.416 e. The van der Waals surface area contributed by atoms with Crippen molar-refractivity contribution < 1.29 is 18.0 Å². The van der Waals surface area contributed by atoms with Crippen molar-refractivity contribution in [3.05, 3.63) is 35.4 Å². The lowest BCUT2D eigenvalue weighted by Gasteiger charge is -2.38. The molecule has 1 N–H and O–H groups in total. The number of amides is 1. The summed E-state index contributed by atoms with van der Waals surface area (Å²) in [6.07, 6.45) is -2.99. The Morgan fingerprint density at radius 2 is 1.88 bits per heavy atom. The van der Waals surface area contributed by atoms with Gasteiger partial charge in [0.25, 0.3) is 0 Å². The molecule has 1 amide bonds. The minimum atomic E-state index is -4.42. The first kappa shape index (κ1) is 18.2. The third kappa shape index (κ3) is 3.05. The maximum atomic E-state index is 13.6. The van der Waals surface area contributed by atoms with E-state index in [0.29, 0.717) is 19.5 Å². The second-order valence-corrected chi connectivity index (χ2v) is 8.16. The van der Waals surface area contributed by atoms with E-state index >= 15 is 0 Å². The highest BCUT2D eigenvalue weighted by Crippen LogP contribution is 2.51. The van der Waals surface area contributed by atoms with Gasteiger partial charge >= 0.3 is 6.18 Å². The smallest absolute Gasteiger partial charge is 0.337 e. The fraction of sp³-hybridized carbons (Fsp3) is 0.632. The van der Waals surface area contributed by atoms with Crippen molar-refractivity contribution in [1.29, 1.82) is 0 Å². The van der Waals surface area contributed by atoms with E-state index in [1.165, 1.54) is 6.07 Å². The Labute approximate surface area is 146 Å². The zero-order valence-electron chi connectivity index (χ0n) is 14.9. The molecule has 2 saturated heterocycles. The van der Waals surface area contributed by atoms with Crippen LogP contribution in [0.25, 0.3) is 0 Å². The van der Waals surface area contributed by atoms with Crippen LogP contribution < -0.4 is 5.32 Å².